The average molecular weight is 381 g/mol. The quantitative estimate of drug-likeness (QED) is 0.420. The number of aliphatic carboxylic acids is 1. The number of rotatable bonds is 10. The van der Waals surface area contributed by atoms with Gasteiger partial charge in [-0.3, -0.25) is 13.8 Å². The van der Waals surface area contributed by atoms with Crippen molar-refractivity contribution in [1.82, 2.24) is 5.32 Å². The maximum absolute atomic E-state index is 12.2. The van der Waals surface area contributed by atoms with Gasteiger partial charge in [0.05, 0.1) is 12.5 Å². The Morgan fingerprint density at radius 2 is 1.72 bits per heavy atom. The molecule has 0 rings (SSSR count). The number of carboxylic acids is 1. The van der Waals surface area contributed by atoms with Crippen LogP contribution in [0.1, 0.15) is 48.0 Å². The lowest BCUT2D eigenvalue weighted by Gasteiger charge is -2.31. The molecule has 2 atom stereocenters. The Morgan fingerprint density at radius 3 is 2.08 bits per heavy atom. The van der Waals surface area contributed by atoms with E-state index in [0.717, 1.165) is 0 Å². The molecule has 0 aliphatic heterocycles. The third-order valence-corrected chi connectivity index (χ3v) is 4.91. The van der Waals surface area contributed by atoms with Crippen LogP contribution in [0.5, 0.6) is 0 Å². The van der Waals surface area contributed by atoms with Crippen molar-refractivity contribution in [3.63, 3.8) is 0 Å². The average Bonchev–Trinajstić information content (AvgIpc) is 2.47. The molecule has 0 aromatic carbocycles. The van der Waals surface area contributed by atoms with Crippen molar-refractivity contribution in [1.29, 1.82) is 0 Å². The Labute approximate surface area is 148 Å². The number of hydrogen-bond donors (Lipinski definition) is 2. The van der Waals surface area contributed by atoms with Crippen LogP contribution in [0.3, 0.4) is 0 Å². The van der Waals surface area contributed by atoms with Crippen LogP contribution in [0.15, 0.2) is 0 Å². The molecule has 25 heavy (non-hydrogen) atoms. The van der Waals surface area contributed by atoms with E-state index in [2.05, 4.69) is 5.32 Å². The van der Waals surface area contributed by atoms with E-state index in [-0.39, 0.29) is 6.42 Å². The van der Waals surface area contributed by atoms with Gasteiger partial charge < -0.3 is 15.2 Å². The first-order valence-corrected chi connectivity index (χ1v) is 9.30. The van der Waals surface area contributed by atoms with Gasteiger partial charge in [0, 0.05) is 12.3 Å². The summed E-state index contributed by atoms with van der Waals surface area (Å²) < 4.78 is 34.2. The molecule has 9 nitrogen and oxygen atoms in total. The van der Waals surface area contributed by atoms with Gasteiger partial charge in [-0.25, -0.2) is 4.79 Å². The number of carbonyl (C=O) groups excluding carboxylic acids is 2. The molecule has 10 heteroatoms. The third kappa shape index (κ3) is 7.39. The minimum atomic E-state index is -4.17. The Hall–Kier alpha value is -1.68. The summed E-state index contributed by atoms with van der Waals surface area (Å²) in [6.07, 6.45) is -1.51. The van der Waals surface area contributed by atoms with Crippen molar-refractivity contribution in [3.05, 3.63) is 0 Å². The highest BCUT2D eigenvalue weighted by Crippen LogP contribution is 2.26. The van der Waals surface area contributed by atoms with E-state index in [1.807, 2.05) is 0 Å². The number of nitrogens with one attached hydrogen (secondary N) is 1. The smallest absolute Gasteiger partial charge is 0.345 e. The molecule has 0 spiro atoms. The van der Waals surface area contributed by atoms with Gasteiger partial charge in [-0.1, -0.05) is 34.6 Å². The first-order chi connectivity index (χ1) is 11.2. The van der Waals surface area contributed by atoms with Gasteiger partial charge in [0.25, 0.3) is 10.1 Å². The molecule has 0 aromatic rings. The Morgan fingerprint density at radius 1 is 1.20 bits per heavy atom. The number of esters is 1. The van der Waals surface area contributed by atoms with Crippen LogP contribution in [0.2, 0.25) is 0 Å². The zero-order valence-corrected chi connectivity index (χ0v) is 16.2. The van der Waals surface area contributed by atoms with E-state index in [1.54, 1.807) is 20.8 Å². The van der Waals surface area contributed by atoms with Gasteiger partial charge in [-0.2, -0.15) is 8.42 Å². The molecule has 0 saturated heterocycles. The minimum absolute atomic E-state index is 0.0764. The van der Waals surface area contributed by atoms with E-state index in [4.69, 9.17) is 8.92 Å². The summed E-state index contributed by atoms with van der Waals surface area (Å²) in [7, 11) is -4.17. The van der Waals surface area contributed by atoms with E-state index in [0.29, 0.717) is 0 Å². The molecule has 0 aliphatic carbocycles. The van der Waals surface area contributed by atoms with Crippen LogP contribution in [0.4, 0.5) is 0 Å². The standard InChI is InChI=1S/C15H27NO8S/c1-7-11(16-10(4)17)25(21,22)23-8-15(5,6)12(13(18)19)24-14(20)9(2)3/h9,11-12H,7-8H2,1-6H3,(H,16,17)(H,18,19)/t11?,12-/m0/s1. The second kappa shape index (κ2) is 9.14. The van der Waals surface area contributed by atoms with Crippen LogP contribution in [-0.4, -0.2) is 49.5 Å². The van der Waals surface area contributed by atoms with Gasteiger partial charge in [0.1, 0.15) is 0 Å². The van der Waals surface area contributed by atoms with Crippen LogP contribution in [0.25, 0.3) is 0 Å². The van der Waals surface area contributed by atoms with E-state index in [1.165, 1.54) is 20.8 Å². The van der Waals surface area contributed by atoms with Crippen molar-refractivity contribution in [2.75, 3.05) is 6.61 Å². The molecule has 0 aromatic heterocycles. The number of ether oxygens (including phenoxy) is 1. The van der Waals surface area contributed by atoms with E-state index in [9.17, 15) is 27.9 Å². The summed E-state index contributed by atoms with van der Waals surface area (Å²) in [6, 6.07) is 0. The maximum Gasteiger partial charge on any atom is 0.345 e. The van der Waals surface area contributed by atoms with E-state index < -0.39 is 57.4 Å². The largest absolute Gasteiger partial charge is 0.478 e. The molecule has 0 radical (unpaired) electrons. The molecule has 146 valence electrons. The highest BCUT2D eigenvalue weighted by atomic mass is 32.2. The fourth-order valence-corrected chi connectivity index (χ4v) is 3.14. The predicted octanol–water partition coefficient (Wildman–Crippen LogP) is 0.884. The monoisotopic (exact) mass is 381 g/mol. The summed E-state index contributed by atoms with van der Waals surface area (Å²) in [5.74, 6) is -3.19. The Bertz CT molecular complexity index is 597. The molecule has 0 fully saturated rings. The topological polar surface area (TPSA) is 136 Å². The maximum atomic E-state index is 12.2. The summed E-state index contributed by atoms with van der Waals surface area (Å²) in [5.41, 5.74) is -1.32. The van der Waals surface area contributed by atoms with Crippen molar-refractivity contribution in [2.45, 2.75) is 59.4 Å². The fraction of sp³-hybridized carbons (Fsp3) is 0.800. The fourth-order valence-electron chi connectivity index (χ4n) is 1.79. The molecule has 0 saturated carbocycles. The summed E-state index contributed by atoms with van der Waals surface area (Å²) in [6.45, 7) is 8.12. The molecular weight excluding hydrogens is 354 g/mol. The molecule has 1 amide bonds. The molecule has 0 bridgehead atoms. The second-order valence-corrected chi connectivity index (χ2v) is 8.44. The van der Waals surface area contributed by atoms with Gasteiger partial charge in [0.15, 0.2) is 5.37 Å². The van der Waals surface area contributed by atoms with Crippen LogP contribution >= 0.6 is 0 Å². The zero-order valence-electron chi connectivity index (χ0n) is 15.4. The zero-order chi connectivity index (χ0) is 20.0. The second-order valence-electron chi connectivity index (χ2n) is 6.65. The summed E-state index contributed by atoms with van der Waals surface area (Å²) in [5, 5.41) is 10.3. The first kappa shape index (κ1) is 23.3. The van der Waals surface area contributed by atoms with Crippen molar-refractivity contribution in [3.8, 4) is 0 Å². The molecule has 2 N–H and O–H groups in total. The molecule has 0 aliphatic rings. The van der Waals surface area contributed by atoms with E-state index >= 15 is 0 Å². The molecule has 0 heterocycles. The van der Waals surface area contributed by atoms with Crippen LogP contribution < -0.4 is 5.32 Å². The summed E-state index contributed by atoms with van der Waals surface area (Å²) >= 11 is 0. The normalized spacial score (nSPS) is 14.7. The SMILES string of the molecule is CCC(NC(C)=O)S(=O)(=O)OCC(C)(C)[C@@H](OC(=O)C(C)C)C(=O)O. The van der Waals surface area contributed by atoms with Crippen molar-refractivity contribution < 1.29 is 36.8 Å². The number of amides is 1. The lowest BCUT2D eigenvalue weighted by molar-refractivity contribution is -0.176. The highest BCUT2D eigenvalue weighted by molar-refractivity contribution is 7.87. The van der Waals surface area contributed by atoms with Gasteiger partial charge in [-0.05, 0) is 6.42 Å². The first-order valence-electron chi connectivity index (χ1n) is 7.83. The Kier molecular flexibility index (Phi) is 8.52. The third-order valence-electron chi connectivity index (χ3n) is 3.32. The number of carbonyl (C=O) groups is 3. The predicted molar refractivity (Wildman–Crippen MR) is 88.9 cm³/mol. The molecular formula is C15H27NO8S. The highest BCUT2D eigenvalue weighted by Gasteiger charge is 2.41. The van der Waals surface area contributed by atoms with Crippen molar-refractivity contribution in [2.24, 2.45) is 11.3 Å². The van der Waals surface area contributed by atoms with Gasteiger partial charge in [-0.15, -0.1) is 0 Å². The number of hydrogen-bond acceptors (Lipinski definition) is 7. The minimum Gasteiger partial charge on any atom is -0.478 e. The van der Waals surface area contributed by atoms with Gasteiger partial charge >= 0.3 is 11.9 Å². The van der Waals surface area contributed by atoms with Crippen LogP contribution in [-0.2, 0) is 33.4 Å². The van der Waals surface area contributed by atoms with Crippen molar-refractivity contribution >= 4 is 28.0 Å². The van der Waals surface area contributed by atoms with Crippen LogP contribution in [0, 0.1) is 11.3 Å². The lowest BCUT2D eigenvalue weighted by atomic mass is 9.87. The summed E-state index contributed by atoms with van der Waals surface area (Å²) in [4.78, 5) is 34.2. The van der Waals surface area contributed by atoms with Gasteiger partial charge in [0.2, 0.25) is 12.0 Å². The molecule has 1 unspecified atom stereocenters. The number of carboxylic acid groups (broad SMARTS) is 1. The Balaban J connectivity index is 5.22. The lowest BCUT2D eigenvalue weighted by Crippen LogP contribution is -2.46.